The summed E-state index contributed by atoms with van der Waals surface area (Å²) in [6.45, 7) is 4.25. The minimum absolute atomic E-state index is 0.0133. The molecule has 1 aromatic heterocycles. The molecule has 2 N–H and O–H groups in total. The molecule has 1 heterocycles. The first-order valence-electron chi connectivity index (χ1n) is 10.0. The summed E-state index contributed by atoms with van der Waals surface area (Å²) in [4.78, 5) is 20.8. The summed E-state index contributed by atoms with van der Waals surface area (Å²) < 4.78 is 10.8. The molecular weight excluding hydrogens is 366 g/mol. The van der Waals surface area contributed by atoms with Crippen LogP contribution in [-0.4, -0.2) is 30.1 Å². The van der Waals surface area contributed by atoms with E-state index in [1.807, 2.05) is 42.5 Å². The number of imidazole rings is 1. The topological polar surface area (TPSA) is 76.2 Å². The molecule has 0 radical (unpaired) electrons. The number of para-hydroxylation sites is 3. The molecule has 0 aliphatic heterocycles. The van der Waals surface area contributed by atoms with Crippen molar-refractivity contribution in [2.24, 2.45) is 5.92 Å². The molecular formula is C23H29N3O3. The Kier molecular flexibility index (Phi) is 6.75. The minimum Gasteiger partial charge on any atom is -0.493 e. The van der Waals surface area contributed by atoms with Crippen molar-refractivity contribution in [3.05, 3.63) is 53.9 Å². The zero-order valence-electron chi connectivity index (χ0n) is 17.5. The summed E-state index contributed by atoms with van der Waals surface area (Å²) in [6.07, 6.45) is 1.86. The number of benzene rings is 2. The number of rotatable bonds is 9. The van der Waals surface area contributed by atoms with Crippen molar-refractivity contribution >= 4 is 16.9 Å². The highest BCUT2D eigenvalue weighted by atomic mass is 16.5. The number of nitrogens with one attached hydrogen (secondary N) is 2. The van der Waals surface area contributed by atoms with Gasteiger partial charge in [-0.1, -0.05) is 44.5 Å². The molecule has 0 aliphatic carbocycles. The van der Waals surface area contributed by atoms with Crippen LogP contribution in [0.1, 0.15) is 44.1 Å². The van der Waals surface area contributed by atoms with E-state index in [0.29, 0.717) is 24.3 Å². The number of H-pyrrole nitrogens is 1. The fourth-order valence-corrected chi connectivity index (χ4v) is 3.48. The smallest absolute Gasteiger partial charge is 0.220 e. The highest BCUT2D eigenvalue weighted by molar-refractivity contribution is 5.78. The molecule has 3 rings (SSSR count). The van der Waals surface area contributed by atoms with E-state index in [-0.39, 0.29) is 17.9 Å². The molecule has 0 fully saturated rings. The van der Waals surface area contributed by atoms with Crippen molar-refractivity contribution in [3.8, 4) is 11.5 Å². The largest absolute Gasteiger partial charge is 0.493 e. The second-order valence-electron chi connectivity index (χ2n) is 7.22. The van der Waals surface area contributed by atoms with Gasteiger partial charge in [0.2, 0.25) is 5.91 Å². The number of methoxy groups -OCH3 is 2. The Bertz CT molecular complexity index is 934. The Morgan fingerprint density at radius 1 is 1.14 bits per heavy atom. The Hall–Kier alpha value is -3.02. The molecule has 29 heavy (non-hydrogen) atoms. The first-order valence-corrected chi connectivity index (χ1v) is 10.0. The van der Waals surface area contributed by atoms with Crippen molar-refractivity contribution in [2.45, 2.75) is 39.2 Å². The fraction of sp³-hybridized carbons (Fsp3) is 0.391. The Balaban J connectivity index is 1.73. The maximum absolute atomic E-state index is 12.8. The minimum atomic E-state index is -0.160. The lowest BCUT2D eigenvalue weighted by Gasteiger charge is -2.22. The Morgan fingerprint density at radius 2 is 1.93 bits per heavy atom. The summed E-state index contributed by atoms with van der Waals surface area (Å²) >= 11 is 0. The summed E-state index contributed by atoms with van der Waals surface area (Å²) in [5.41, 5.74) is 2.84. The number of hydrogen-bond donors (Lipinski definition) is 2. The van der Waals surface area contributed by atoms with E-state index in [9.17, 15) is 4.79 Å². The number of nitrogens with zero attached hydrogens (tertiary/aromatic N) is 1. The van der Waals surface area contributed by atoms with Gasteiger partial charge in [0.1, 0.15) is 5.82 Å². The van der Waals surface area contributed by atoms with Crippen LogP contribution in [0.4, 0.5) is 0 Å². The van der Waals surface area contributed by atoms with Crippen LogP contribution in [0.2, 0.25) is 0 Å². The number of aromatic amines is 1. The van der Waals surface area contributed by atoms with E-state index >= 15 is 0 Å². The van der Waals surface area contributed by atoms with Gasteiger partial charge in [0.15, 0.2) is 11.5 Å². The third kappa shape index (κ3) is 4.70. The summed E-state index contributed by atoms with van der Waals surface area (Å²) in [5.74, 6) is 2.39. The second-order valence-corrected chi connectivity index (χ2v) is 7.22. The quantitative estimate of drug-likeness (QED) is 0.562. The summed E-state index contributed by atoms with van der Waals surface area (Å²) in [7, 11) is 3.22. The average molecular weight is 396 g/mol. The first kappa shape index (κ1) is 20.7. The SMILES string of the molecule is CC[C@H](C)[C@@H](NC(=O)CCc1cccc(OC)c1OC)c1nc2ccccc2[nH]1. The van der Waals surface area contributed by atoms with Crippen LogP contribution in [-0.2, 0) is 11.2 Å². The third-order valence-electron chi connectivity index (χ3n) is 5.34. The molecule has 2 atom stereocenters. The normalized spacial score (nSPS) is 13.1. The van der Waals surface area contributed by atoms with Crippen LogP contribution < -0.4 is 14.8 Å². The molecule has 3 aromatic rings. The van der Waals surface area contributed by atoms with Crippen molar-refractivity contribution in [1.29, 1.82) is 0 Å². The maximum Gasteiger partial charge on any atom is 0.220 e. The second kappa shape index (κ2) is 9.45. The van der Waals surface area contributed by atoms with Crippen LogP contribution in [0.15, 0.2) is 42.5 Å². The zero-order chi connectivity index (χ0) is 20.8. The number of carbonyl (C=O) groups excluding carboxylic acids is 1. The van der Waals surface area contributed by atoms with E-state index in [1.54, 1.807) is 14.2 Å². The van der Waals surface area contributed by atoms with Gasteiger partial charge in [0, 0.05) is 6.42 Å². The van der Waals surface area contributed by atoms with Crippen LogP contribution in [0.3, 0.4) is 0 Å². The molecule has 0 unspecified atom stereocenters. The van der Waals surface area contributed by atoms with Crippen LogP contribution in [0.5, 0.6) is 11.5 Å². The van der Waals surface area contributed by atoms with Crippen LogP contribution >= 0.6 is 0 Å². The van der Waals surface area contributed by atoms with Gasteiger partial charge < -0.3 is 19.8 Å². The van der Waals surface area contributed by atoms with Crippen LogP contribution in [0, 0.1) is 5.92 Å². The van der Waals surface area contributed by atoms with E-state index in [0.717, 1.165) is 28.8 Å². The maximum atomic E-state index is 12.8. The number of hydrogen-bond acceptors (Lipinski definition) is 4. The van der Waals surface area contributed by atoms with Gasteiger partial charge in [-0.05, 0) is 36.1 Å². The number of aromatic nitrogens is 2. The number of fused-ring (bicyclic) bond motifs is 1. The lowest BCUT2D eigenvalue weighted by atomic mass is 9.98. The number of amides is 1. The highest BCUT2D eigenvalue weighted by Gasteiger charge is 2.23. The monoisotopic (exact) mass is 395 g/mol. The van der Waals surface area contributed by atoms with Crippen molar-refractivity contribution in [3.63, 3.8) is 0 Å². The number of aryl methyl sites for hydroxylation is 1. The molecule has 0 bridgehead atoms. The predicted molar refractivity (Wildman–Crippen MR) is 114 cm³/mol. The molecule has 2 aromatic carbocycles. The lowest BCUT2D eigenvalue weighted by Crippen LogP contribution is -2.33. The summed E-state index contributed by atoms with van der Waals surface area (Å²) in [5, 5.41) is 3.18. The Labute approximate surface area is 171 Å². The summed E-state index contributed by atoms with van der Waals surface area (Å²) in [6, 6.07) is 13.5. The van der Waals surface area contributed by atoms with Gasteiger partial charge in [-0.15, -0.1) is 0 Å². The number of ether oxygens (including phenoxy) is 2. The van der Waals surface area contributed by atoms with Crippen molar-refractivity contribution in [2.75, 3.05) is 14.2 Å². The van der Waals surface area contributed by atoms with E-state index in [2.05, 4.69) is 24.1 Å². The van der Waals surface area contributed by atoms with E-state index < -0.39 is 0 Å². The first-order chi connectivity index (χ1) is 14.1. The van der Waals surface area contributed by atoms with Crippen LogP contribution in [0.25, 0.3) is 11.0 Å². The zero-order valence-corrected chi connectivity index (χ0v) is 17.5. The average Bonchev–Trinajstić information content (AvgIpc) is 3.18. The van der Waals surface area contributed by atoms with Gasteiger partial charge in [-0.3, -0.25) is 4.79 Å². The Morgan fingerprint density at radius 3 is 2.62 bits per heavy atom. The van der Waals surface area contributed by atoms with Gasteiger partial charge in [0.05, 0.1) is 31.3 Å². The highest BCUT2D eigenvalue weighted by Crippen LogP contribution is 2.31. The van der Waals surface area contributed by atoms with Gasteiger partial charge in [-0.25, -0.2) is 4.98 Å². The molecule has 1 amide bonds. The predicted octanol–water partition coefficient (Wildman–Crippen LogP) is 4.42. The van der Waals surface area contributed by atoms with Crippen molar-refractivity contribution < 1.29 is 14.3 Å². The molecule has 0 spiro atoms. The van der Waals surface area contributed by atoms with E-state index in [1.165, 1.54) is 0 Å². The molecule has 6 nitrogen and oxygen atoms in total. The molecule has 6 heteroatoms. The van der Waals surface area contributed by atoms with E-state index in [4.69, 9.17) is 14.5 Å². The molecule has 0 saturated heterocycles. The third-order valence-corrected chi connectivity index (χ3v) is 5.34. The van der Waals surface area contributed by atoms with Gasteiger partial charge >= 0.3 is 0 Å². The molecule has 154 valence electrons. The fourth-order valence-electron chi connectivity index (χ4n) is 3.48. The lowest BCUT2D eigenvalue weighted by molar-refractivity contribution is -0.122. The standard InChI is InChI=1S/C23H29N3O3/c1-5-15(2)21(23-24-17-10-6-7-11-18(17)25-23)26-20(27)14-13-16-9-8-12-19(28-3)22(16)29-4/h6-12,15,21H,5,13-14H2,1-4H3,(H,24,25)(H,26,27)/t15-,21+/m0/s1. The molecule has 0 aliphatic rings. The van der Waals surface area contributed by atoms with Crippen molar-refractivity contribution in [1.82, 2.24) is 15.3 Å². The van der Waals surface area contributed by atoms with Gasteiger partial charge in [0.25, 0.3) is 0 Å². The van der Waals surface area contributed by atoms with Gasteiger partial charge in [-0.2, -0.15) is 0 Å². The number of carbonyl (C=O) groups is 1. The molecule has 0 saturated carbocycles.